The average Bonchev–Trinajstić information content (AvgIpc) is 2.27. The Kier molecular flexibility index (Phi) is 5.01. The number of benzene rings is 1. The number of hydrogen-bond acceptors (Lipinski definition) is 2. The maximum Gasteiger partial charge on any atom is 0.168 e. The topological polar surface area (TPSA) is 26.3 Å². The molecule has 2 nitrogen and oxygen atoms in total. The number of Topliss-reactive ketones (excluding diaryl/α,β-unsaturated/α-hetero) is 1. The van der Waals surface area contributed by atoms with E-state index in [1.165, 1.54) is 0 Å². The highest BCUT2D eigenvalue weighted by atomic mass is 35.5. The third-order valence-electron chi connectivity index (χ3n) is 2.66. The summed E-state index contributed by atoms with van der Waals surface area (Å²) in [4.78, 5) is 12.0. The van der Waals surface area contributed by atoms with E-state index in [0.29, 0.717) is 23.7 Å². The number of ketones is 1. The minimum absolute atomic E-state index is 0.0341. The summed E-state index contributed by atoms with van der Waals surface area (Å²) in [7, 11) is 1.57. The van der Waals surface area contributed by atoms with E-state index in [1.807, 2.05) is 25.1 Å². The first-order valence-electron chi connectivity index (χ1n) is 5.81. The third-order valence-corrected chi connectivity index (χ3v) is 2.81. The fraction of sp³-hybridized carbons (Fsp3) is 0.500. The lowest BCUT2D eigenvalue weighted by atomic mass is 9.97. The van der Waals surface area contributed by atoms with Crippen LogP contribution in [0.3, 0.4) is 0 Å². The van der Waals surface area contributed by atoms with Crippen molar-refractivity contribution in [3.8, 4) is 5.75 Å². The second-order valence-electron chi connectivity index (χ2n) is 4.52. The van der Waals surface area contributed by atoms with Crippen molar-refractivity contribution < 1.29 is 9.53 Å². The lowest BCUT2D eigenvalue weighted by Crippen LogP contribution is -2.08. The largest absolute Gasteiger partial charge is 0.496 e. The van der Waals surface area contributed by atoms with Gasteiger partial charge in [-0.05, 0) is 30.5 Å². The molecule has 1 rings (SSSR count). The molecule has 1 aromatic carbocycles. The van der Waals surface area contributed by atoms with Crippen molar-refractivity contribution in [1.82, 2.24) is 0 Å². The average molecular weight is 255 g/mol. The first kappa shape index (κ1) is 14.0. The molecule has 17 heavy (non-hydrogen) atoms. The van der Waals surface area contributed by atoms with Crippen molar-refractivity contribution in [3.63, 3.8) is 0 Å². The zero-order valence-electron chi connectivity index (χ0n) is 10.8. The molecule has 0 aliphatic rings. The molecule has 0 aromatic heterocycles. The van der Waals surface area contributed by atoms with Crippen LogP contribution in [0.1, 0.15) is 49.0 Å². The lowest BCUT2D eigenvalue weighted by Gasteiger charge is -2.12. The highest BCUT2D eigenvalue weighted by Crippen LogP contribution is 2.26. The van der Waals surface area contributed by atoms with Crippen molar-refractivity contribution >= 4 is 17.4 Å². The molecule has 1 aromatic rings. The molecule has 0 amide bonds. The number of carbonyl (C=O) groups excluding carboxylic acids is 1. The van der Waals surface area contributed by atoms with E-state index in [4.69, 9.17) is 16.3 Å². The smallest absolute Gasteiger partial charge is 0.168 e. The summed E-state index contributed by atoms with van der Waals surface area (Å²) >= 11 is 5.86. The molecule has 94 valence electrons. The van der Waals surface area contributed by atoms with Gasteiger partial charge in [0.2, 0.25) is 0 Å². The van der Waals surface area contributed by atoms with Gasteiger partial charge in [-0.2, -0.15) is 0 Å². The van der Waals surface area contributed by atoms with Gasteiger partial charge in [-0.1, -0.05) is 19.9 Å². The monoisotopic (exact) mass is 254 g/mol. The van der Waals surface area contributed by atoms with Gasteiger partial charge in [0.05, 0.1) is 12.7 Å². The van der Waals surface area contributed by atoms with Crippen LogP contribution < -0.4 is 4.74 Å². The molecule has 0 N–H and O–H groups in total. The highest BCUT2D eigenvalue weighted by Gasteiger charge is 2.15. The summed E-state index contributed by atoms with van der Waals surface area (Å²) in [6.07, 6.45) is 0.333. The molecule has 1 unspecified atom stereocenters. The van der Waals surface area contributed by atoms with Gasteiger partial charge in [-0.3, -0.25) is 4.79 Å². The maximum atomic E-state index is 12.0. The van der Waals surface area contributed by atoms with Gasteiger partial charge in [0.25, 0.3) is 0 Å². The molecule has 0 fully saturated rings. The van der Waals surface area contributed by atoms with Gasteiger partial charge < -0.3 is 4.74 Å². The number of alkyl halides is 1. The summed E-state index contributed by atoms with van der Waals surface area (Å²) in [6, 6.07) is 5.75. The number of ether oxygens (including phenoxy) is 1. The maximum absolute atomic E-state index is 12.0. The summed E-state index contributed by atoms with van der Waals surface area (Å²) in [5.74, 6) is 1.05. The second kappa shape index (κ2) is 6.06. The van der Waals surface area contributed by atoms with E-state index < -0.39 is 0 Å². The van der Waals surface area contributed by atoms with E-state index in [9.17, 15) is 4.79 Å². The summed E-state index contributed by atoms with van der Waals surface area (Å²) in [6.45, 7) is 6.01. The number of halogens is 1. The van der Waals surface area contributed by atoms with Gasteiger partial charge in [-0.15, -0.1) is 11.6 Å². The molecule has 1 atom stereocenters. The quantitative estimate of drug-likeness (QED) is 0.586. The van der Waals surface area contributed by atoms with Gasteiger partial charge >= 0.3 is 0 Å². The molecule has 0 aliphatic carbocycles. The van der Waals surface area contributed by atoms with E-state index in [-0.39, 0.29) is 11.2 Å². The van der Waals surface area contributed by atoms with Gasteiger partial charge in [-0.25, -0.2) is 0 Å². The predicted octanol–water partition coefficient (Wildman–Crippen LogP) is 4.02. The van der Waals surface area contributed by atoms with E-state index in [0.717, 1.165) is 5.56 Å². The van der Waals surface area contributed by atoms with Crippen molar-refractivity contribution in [3.05, 3.63) is 29.3 Å². The third kappa shape index (κ3) is 3.74. The summed E-state index contributed by atoms with van der Waals surface area (Å²) in [5.41, 5.74) is 1.77. The lowest BCUT2D eigenvalue weighted by molar-refractivity contribution is 0.0980. The molecule has 0 saturated heterocycles. The zero-order valence-corrected chi connectivity index (χ0v) is 11.5. The standard InChI is InChI=1S/C14H19ClO2/c1-9(2)11-5-6-14(17-4)12(8-11)13(16)7-10(3)15/h5-6,8-10H,7H2,1-4H3. The zero-order chi connectivity index (χ0) is 13.0. The Labute approximate surface area is 108 Å². The van der Waals surface area contributed by atoms with Gasteiger partial charge in [0.15, 0.2) is 5.78 Å². The normalized spacial score (nSPS) is 12.6. The molecule has 0 aliphatic heterocycles. The summed E-state index contributed by atoms with van der Waals surface area (Å²) < 4.78 is 5.22. The SMILES string of the molecule is COc1ccc(C(C)C)cc1C(=O)CC(C)Cl. The minimum Gasteiger partial charge on any atom is -0.496 e. The van der Waals surface area contributed by atoms with Crippen LogP contribution in [-0.4, -0.2) is 18.3 Å². The number of carbonyl (C=O) groups is 1. The van der Waals surface area contributed by atoms with E-state index >= 15 is 0 Å². The Morgan fingerprint density at radius 1 is 1.35 bits per heavy atom. The molecule has 0 radical (unpaired) electrons. The van der Waals surface area contributed by atoms with Crippen molar-refractivity contribution in [2.24, 2.45) is 0 Å². The van der Waals surface area contributed by atoms with Crippen LogP contribution in [0.25, 0.3) is 0 Å². The van der Waals surface area contributed by atoms with Crippen LogP contribution >= 0.6 is 11.6 Å². The van der Waals surface area contributed by atoms with Crippen LogP contribution in [0.5, 0.6) is 5.75 Å². The Morgan fingerprint density at radius 3 is 2.47 bits per heavy atom. The summed E-state index contributed by atoms with van der Waals surface area (Å²) in [5, 5.41) is -0.157. The van der Waals surface area contributed by atoms with Crippen LogP contribution in [-0.2, 0) is 0 Å². The Morgan fingerprint density at radius 2 is 2.00 bits per heavy atom. The van der Waals surface area contributed by atoms with E-state index in [2.05, 4.69) is 13.8 Å². The fourth-order valence-electron chi connectivity index (χ4n) is 1.67. The first-order chi connectivity index (χ1) is 7.95. The van der Waals surface area contributed by atoms with Crippen LogP contribution in [0.4, 0.5) is 0 Å². The molecule has 0 heterocycles. The predicted molar refractivity (Wildman–Crippen MR) is 71.3 cm³/mol. The Bertz CT molecular complexity index is 397. The molecule has 0 saturated carbocycles. The molecule has 3 heteroatoms. The van der Waals surface area contributed by atoms with Crippen molar-refractivity contribution in [1.29, 1.82) is 0 Å². The highest BCUT2D eigenvalue weighted by molar-refractivity contribution is 6.22. The Hall–Kier alpha value is -1.02. The number of rotatable bonds is 5. The van der Waals surface area contributed by atoms with Crippen LogP contribution in [0, 0.1) is 0 Å². The minimum atomic E-state index is -0.157. The van der Waals surface area contributed by atoms with E-state index in [1.54, 1.807) is 7.11 Å². The number of methoxy groups -OCH3 is 1. The van der Waals surface area contributed by atoms with Gasteiger partial charge in [0.1, 0.15) is 5.75 Å². The van der Waals surface area contributed by atoms with Crippen molar-refractivity contribution in [2.45, 2.75) is 38.5 Å². The molecule has 0 spiro atoms. The molecular formula is C14H19ClO2. The fourth-order valence-corrected chi connectivity index (χ4v) is 1.81. The second-order valence-corrected chi connectivity index (χ2v) is 5.27. The molecule has 0 bridgehead atoms. The molecular weight excluding hydrogens is 236 g/mol. The van der Waals surface area contributed by atoms with Gasteiger partial charge in [0, 0.05) is 11.8 Å². The first-order valence-corrected chi connectivity index (χ1v) is 6.24. The number of hydrogen-bond donors (Lipinski definition) is 0. The van der Waals surface area contributed by atoms with Crippen molar-refractivity contribution in [2.75, 3.05) is 7.11 Å². The van der Waals surface area contributed by atoms with Crippen LogP contribution in [0.2, 0.25) is 0 Å². The van der Waals surface area contributed by atoms with Crippen LogP contribution in [0.15, 0.2) is 18.2 Å². The Balaban J connectivity index is 3.09.